The highest BCUT2D eigenvalue weighted by molar-refractivity contribution is 6.35. The summed E-state index contributed by atoms with van der Waals surface area (Å²) in [5.41, 5.74) is 3.60. The summed E-state index contributed by atoms with van der Waals surface area (Å²) < 4.78 is 32.2. The van der Waals surface area contributed by atoms with Crippen molar-refractivity contribution >= 4 is 28.7 Å². The second-order valence-corrected chi connectivity index (χ2v) is 8.30. The number of likely N-dealkylation sites (tertiary alicyclic amines) is 1. The number of amides is 1. The Morgan fingerprint density at radius 2 is 1.84 bits per heavy atom. The molecule has 3 aromatic rings. The number of piperidine rings is 1. The van der Waals surface area contributed by atoms with Gasteiger partial charge in [0.25, 0.3) is 5.92 Å². The van der Waals surface area contributed by atoms with Crippen LogP contribution in [0.1, 0.15) is 24.2 Å². The number of halogens is 3. The van der Waals surface area contributed by atoms with E-state index in [1.807, 2.05) is 36.4 Å². The van der Waals surface area contributed by atoms with Gasteiger partial charge in [0, 0.05) is 37.9 Å². The van der Waals surface area contributed by atoms with Crippen molar-refractivity contribution in [3.63, 3.8) is 0 Å². The van der Waals surface area contributed by atoms with Crippen LogP contribution in [0.4, 0.5) is 13.6 Å². The summed E-state index contributed by atoms with van der Waals surface area (Å²) in [5.74, 6) is -2.02. The van der Waals surface area contributed by atoms with Crippen molar-refractivity contribution in [2.45, 2.75) is 31.7 Å². The van der Waals surface area contributed by atoms with E-state index in [2.05, 4.69) is 10.2 Å². The minimum atomic E-state index is -2.51. The van der Waals surface area contributed by atoms with Gasteiger partial charge in [0.15, 0.2) is 5.58 Å². The van der Waals surface area contributed by atoms with Crippen molar-refractivity contribution in [1.29, 1.82) is 0 Å². The first-order valence-electron chi connectivity index (χ1n) is 10.2. The van der Waals surface area contributed by atoms with E-state index < -0.39 is 12.0 Å². The minimum absolute atomic E-state index is 0.0583. The molecule has 4 rings (SSSR count). The van der Waals surface area contributed by atoms with Gasteiger partial charge in [0.1, 0.15) is 5.76 Å². The molecule has 2 N–H and O–H groups in total. The van der Waals surface area contributed by atoms with Gasteiger partial charge in [0.05, 0.1) is 11.6 Å². The lowest BCUT2D eigenvalue weighted by molar-refractivity contribution is -0.0548. The molecule has 1 aliphatic heterocycles. The molecular formula is C23H23ClF2N2O3. The fraction of sp³-hybridized carbons (Fsp3) is 0.348. The Bertz CT molecular complexity index is 1070. The summed E-state index contributed by atoms with van der Waals surface area (Å²) in [4.78, 5) is 12.8. The van der Waals surface area contributed by atoms with E-state index in [0.717, 1.165) is 35.0 Å². The zero-order chi connectivity index (χ0) is 22.0. The third-order valence-corrected chi connectivity index (χ3v) is 5.91. The number of benzene rings is 2. The smallest absolute Gasteiger partial charge is 0.405 e. The van der Waals surface area contributed by atoms with Crippen LogP contribution in [0.2, 0.25) is 5.02 Å². The van der Waals surface area contributed by atoms with Crippen molar-refractivity contribution in [3.8, 4) is 11.1 Å². The lowest BCUT2D eigenvalue weighted by Crippen LogP contribution is -2.40. The van der Waals surface area contributed by atoms with E-state index in [1.54, 1.807) is 6.07 Å². The molecule has 2 heterocycles. The molecule has 0 bridgehead atoms. The molecule has 1 amide bonds. The standard InChI is InChI=1S/C23H23ClF2N2O3/c24-20-13-17(11-18-12-19(31-21(18)20)14-27-22(29)30)16-3-1-15(2-4-16)5-8-28-9-6-23(25,26)7-10-28/h1-4,11-13,27H,5-10,14H2,(H,29,30). The number of hydrogen-bond donors (Lipinski definition) is 2. The Labute approximate surface area is 183 Å². The van der Waals surface area contributed by atoms with Gasteiger partial charge in [-0.3, -0.25) is 0 Å². The number of carboxylic acid groups (broad SMARTS) is 1. The molecule has 0 spiro atoms. The van der Waals surface area contributed by atoms with Crippen LogP contribution in [0.3, 0.4) is 0 Å². The third kappa shape index (κ3) is 5.35. The molecule has 1 aliphatic rings. The van der Waals surface area contributed by atoms with Crippen LogP contribution in [-0.2, 0) is 13.0 Å². The number of nitrogens with zero attached hydrogens (tertiary/aromatic N) is 1. The molecule has 1 saturated heterocycles. The molecule has 0 radical (unpaired) electrons. The Morgan fingerprint density at radius 1 is 1.13 bits per heavy atom. The normalized spacial score (nSPS) is 16.5. The summed E-state index contributed by atoms with van der Waals surface area (Å²) in [6, 6.07) is 13.7. The van der Waals surface area contributed by atoms with Crippen molar-refractivity contribution in [2.75, 3.05) is 19.6 Å². The molecule has 1 aromatic heterocycles. The van der Waals surface area contributed by atoms with Gasteiger partial charge in [-0.2, -0.15) is 0 Å². The number of nitrogens with one attached hydrogen (secondary N) is 1. The molecule has 31 heavy (non-hydrogen) atoms. The minimum Gasteiger partial charge on any atom is -0.465 e. The Kier molecular flexibility index (Phi) is 6.16. The topological polar surface area (TPSA) is 65.7 Å². The monoisotopic (exact) mass is 448 g/mol. The van der Waals surface area contributed by atoms with E-state index in [0.29, 0.717) is 29.5 Å². The SMILES string of the molecule is O=C(O)NCc1cc2cc(-c3ccc(CCN4CCC(F)(F)CC4)cc3)cc(Cl)c2o1. The lowest BCUT2D eigenvalue weighted by Gasteiger charge is -2.31. The van der Waals surface area contributed by atoms with Gasteiger partial charge in [-0.25, -0.2) is 13.6 Å². The average Bonchev–Trinajstić information content (AvgIpc) is 3.16. The molecule has 2 aromatic carbocycles. The summed E-state index contributed by atoms with van der Waals surface area (Å²) in [6.45, 7) is 1.73. The maximum absolute atomic E-state index is 13.3. The number of carbonyl (C=O) groups is 1. The van der Waals surface area contributed by atoms with Gasteiger partial charge in [-0.05, 0) is 41.3 Å². The molecule has 0 unspecified atom stereocenters. The average molecular weight is 449 g/mol. The predicted molar refractivity (Wildman–Crippen MR) is 116 cm³/mol. The fourth-order valence-electron chi connectivity index (χ4n) is 3.83. The number of alkyl halides is 2. The van der Waals surface area contributed by atoms with Crippen LogP contribution in [0.5, 0.6) is 0 Å². The predicted octanol–water partition coefficient (Wildman–Crippen LogP) is 5.79. The summed E-state index contributed by atoms with van der Waals surface area (Å²) in [7, 11) is 0. The summed E-state index contributed by atoms with van der Waals surface area (Å²) in [5, 5.41) is 12.3. The van der Waals surface area contributed by atoms with Gasteiger partial charge < -0.3 is 19.7 Å². The molecule has 0 atom stereocenters. The first-order chi connectivity index (χ1) is 14.8. The summed E-state index contributed by atoms with van der Waals surface area (Å²) in [6.07, 6.45) is -0.424. The van der Waals surface area contributed by atoms with Crippen molar-refractivity contribution in [3.05, 3.63) is 58.8 Å². The highest BCUT2D eigenvalue weighted by atomic mass is 35.5. The molecular weight excluding hydrogens is 426 g/mol. The zero-order valence-corrected chi connectivity index (χ0v) is 17.6. The first-order valence-corrected chi connectivity index (χ1v) is 10.6. The van der Waals surface area contributed by atoms with Gasteiger partial charge >= 0.3 is 6.09 Å². The quantitative estimate of drug-likeness (QED) is 0.500. The maximum Gasteiger partial charge on any atom is 0.405 e. The van der Waals surface area contributed by atoms with Crippen LogP contribution in [-0.4, -0.2) is 41.7 Å². The van der Waals surface area contributed by atoms with E-state index in [-0.39, 0.29) is 19.4 Å². The highest BCUT2D eigenvalue weighted by Crippen LogP contribution is 2.33. The van der Waals surface area contributed by atoms with E-state index >= 15 is 0 Å². The second-order valence-electron chi connectivity index (χ2n) is 7.89. The Hall–Kier alpha value is -2.64. The van der Waals surface area contributed by atoms with Crippen LogP contribution in [0.15, 0.2) is 46.9 Å². The van der Waals surface area contributed by atoms with Gasteiger partial charge in [-0.15, -0.1) is 0 Å². The molecule has 164 valence electrons. The fourth-order valence-corrected chi connectivity index (χ4v) is 4.10. The molecule has 0 saturated carbocycles. The van der Waals surface area contributed by atoms with Crippen molar-refractivity contribution in [2.24, 2.45) is 0 Å². The maximum atomic E-state index is 13.3. The van der Waals surface area contributed by atoms with Crippen molar-refractivity contribution < 1.29 is 23.1 Å². The number of hydrogen-bond acceptors (Lipinski definition) is 3. The van der Waals surface area contributed by atoms with Crippen LogP contribution in [0.25, 0.3) is 22.1 Å². The van der Waals surface area contributed by atoms with Crippen LogP contribution >= 0.6 is 11.6 Å². The molecule has 5 nitrogen and oxygen atoms in total. The largest absolute Gasteiger partial charge is 0.465 e. The Balaban J connectivity index is 1.42. The number of furan rings is 1. The van der Waals surface area contributed by atoms with E-state index in [9.17, 15) is 13.6 Å². The molecule has 8 heteroatoms. The second kappa shape index (κ2) is 8.85. The van der Waals surface area contributed by atoms with Gasteiger partial charge in [-0.1, -0.05) is 35.9 Å². The van der Waals surface area contributed by atoms with Crippen molar-refractivity contribution in [1.82, 2.24) is 10.2 Å². The summed E-state index contributed by atoms with van der Waals surface area (Å²) >= 11 is 6.39. The third-order valence-electron chi connectivity index (χ3n) is 5.63. The molecule has 1 fully saturated rings. The van der Waals surface area contributed by atoms with E-state index in [1.165, 1.54) is 0 Å². The zero-order valence-electron chi connectivity index (χ0n) is 16.8. The van der Waals surface area contributed by atoms with Crippen LogP contribution in [0, 0.1) is 0 Å². The highest BCUT2D eigenvalue weighted by Gasteiger charge is 2.33. The number of rotatable bonds is 6. The number of fused-ring (bicyclic) bond motifs is 1. The molecule has 0 aliphatic carbocycles. The van der Waals surface area contributed by atoms with Crippen LogP contribution < -0.4 is 5.32 Å². The Morgan fingerprint density at radius 3 is 2.52 bits per heavy atom. The van der Waals surface area contributed by atoms with Gasteiger partial charge in [0.2, 0.25) is 0 Å². The van der Waals surface area contributed by atoms with E-state index in [4.69, 9.17) is 21.1 Å². The first kappa shape index (κ1) is 21.6. The lowest BCUT2D eigenvalue weighted by atomic mass is 10.0.